The van der Waals surface area contributed by atoms with Gasteiger partial charge in [-0.3, -0.25) is 9.59 Å². The Kier molecular flexibility index (Phi) is 3.59. The SMILES string of the molecule is NC(=O)CC(NC(=O)c1ccno1)C(=O)O. The van der Waals surface area contributed by atoms with E-state index >= 15 is 0 Å². The molecular formula is C8H9N3O5. The van der Waals surface area contributed by atoms with Crippen LogP contribution in [0.15, 0.2) is 16.8 Å². The first kappa shape index (κ1) is 11.7. The lowest BCUT2D eigenvalue weighted by molar-refractivity contribution is -0.140. The molecule has 16 heavy (non-hydrogen) atoms. The summed E-state index contributed by atoms with van der Waals surface area (Å²) in [5, 5.41) is 14.1. The molecule has 0 radical (unpaired) electrons. The lowest BCUT2D eigenvalue weighted by Crippen LogP contribution is -2.43. The Morgan fingerprint density at radius 1 is 1.56 bits per heavy atom. The van der Waals surface area contributed by atoms with Crippen LogP contribution >= 0.6 is 0 Å². The maximum Gasteiger partial charge on any atom is 0.326 e. The van der Waals surface area contributed by atoms with Crippen LogP contribution < -0.4 is 11.1 Å². The zero-order chi connectivity index (χ0) is 12.1. The minimum atomic E-state index is -1.38. The Balaban J connectivity index is 2.65. The van der Waals surface area contributed by atoms with Crippen LogP contribution in [0.5, 0.6) is 0 Å². The highest BCUT2D eigenvalue weighted by Gasteiger charge is 2.23. The maximum absolute atomic E-state index is 11.3. The number of aliphatic carboxylic acids is 1. The number of carboxylic acid groups (broad SMARTS) is 1. The molecule has 0 aliphatic rings. The van der Waals surface area contributed by atoms with Gasteiger partial charge in [0.1, 0.15) is 6.04 Å². The van der Waals surface area contributed by atoms with Gasteiger partial charge in [0, 0.05) is 6.07 Å². The number of carbonyl (C=O) groups excluding carboxylic acids is 2. The predicted octanol–water partition coefficient (Wildman–Crippen LogP) is -1.27. The minimum absolute atomic E-state index is 0.143. The fraction of sp³-hybridized carbons (Fsp3) is 0.250. The van der Waals surface area contributed by atoms with Crippen molar-refractivity contribution >= 4 is 17.8 Å². The Hall–Kier alpha value is -2.38. The Bertz CT molecular complexity index is 400. The van der Waals surface area contributed by atoms with Gasteiger partial charge in [0.25, 0.3) is 5.91 Å². The molecule has 0 aromatic carbocycles. The van der Waals surface area contributed by atoms with E-state index in [1.165, 1.54) is 12.3 Å². The Morgan fingerprint density at radius 3 is 2.69 bits per heavy atom. The normalized spacial score (nSPS) is 11.8. The highest BCUT2D eigenvalue weighted by molar-refractivity contribution is 5.95. The number of nitrogens with two attached hydrogens (primary N) is 1. The number of carboxylic acids is 1. The monoisotopic (exact) mass is 227 g/mol. The first-order chi connectivity index (χ1) is 7.50. The second kappa shape index (κ2) is 4.91. The van der Waals surface area contributed by atoms with Crippen molar-refractivity contribution in [3.63, 3.8) is 0 Å². The van der Waals surface area contributed by atoms with Crippen molar-refractivity contribution < 1.29 is 24.0 Å². The van der Waals surface area contributed by atoms with Crippen molar-refractivity contribution in [1.82, 2.24) is 10.5 Å². The van der Waals surface area contributed by atoms with Gasteiger partial charge < -0.3 is 20.7 Å². The molecule has 1 rings (SSSR count). The van der Waals surface area contributed by atoms with E-state index in [0.717, 1.165) is 0 Å². The third kappa shape index (κ3) is 3.08. The highest BCUT2D eigenvalue weighted by Crippen LogP contribution is 1.99. The molecule has 0 aliphatic carbocycles. The van der Waals surface area contributed by atoms with E-state index in [4.69, 9.17) is 10.8 Å². The van der Waals surface area contributed by atoms with E-state index in [1.54, 1.807) is 0 Å². The largest absolute Gasteiger partial charge is 0.480 e. The molecule has 8 heteroatoms. The molecule has 1 atom stereocenters. The second-order valence-electron chi connectivity index (χ2n) is 2.91. The summed E-state index contributed by atoms with van der Waals surface area (Å²) in [5.41, 5.74) is 4.84. The molecule has 0 spiro atoms. The Labute approximate surface area is 89.4 Å². The molecule has 1 heterocycles. The van der Waals surface area contributed by atoms with Crippen LogP contribution in [0, 0.1) is 0 Å². The smallest absolute Gasteiger partial charge is 0.326 e. The molecule has 0 aliphatic heterocycles. The van der Waals surface area contributed by atoms with E-state index in [-0.39, 0.29) is 5.76 Å². The molecule has 86 valence electrons. The molecule has 0 saturated heterocycles. The molecule has 0 saturated carbocycles. The minimum Gasteiger partial charge on any atom is -0.480 e. The van der Waals surface area contributed by atoms with Gasteiger partial charge in [-0.05, 0) is 0 Å². The van der Waals surface area contributed by atoms with Crippen molar-refractivity contribution in [2.75, 3.05) is 0 Å². The van der Waals surface area contributed by atoms with Gasteiger partial charge in [0.05, 0.1) is 12.6 Å². The van der Waals surface area contributed by atoms with Gasteiger partial charge in [-0.15, -0.1) is 0 Å². The average molecular weight is 227 g/mol. The molecule has 1 aromatic heterocycles. The quantitative estimate of drug-likeness (QED) is 0.574. The Morgan fingerprint density at radius 2 is 2.25 bits per heavy atom. The lowest BCUT2D eigenvalue weighted by Gasteiger charge is -2.10. The van der Waals surface area contributed by atoms with Gasteiger partial charge in [0.15, 0.2) is 0 Å². The lowest BCUT2D eigenvalue weighted by atomic mass is 10.2. The fourth-order valence-corrected chi connectivity index (χ4v) is 0.964. The molecule has 1 unspecified atom stereocenters. The third-order valence-corrected chi connectivity index (χ3v) is 1.67. The molecule has 8 nitrogen and oxygen atoms in total. The number of amides is 2. The van der Waals surface area contributed by atoms with E-state index in [9.17, 15) is 14.4 Å². The second-order valence-corrected chi connectivity index (χ2v) is 2.91. The predicted molar refractivity (Wildman–Crippen MR) is 49.2 cm³/mol. The number of primary amides is 1. The summed E-state index contributed by atoms with van der Waals surface area (Å²) in [4.78, 5) is 32.6. The number of nitrogens with zero attached hydrogens (tertiary/aromatic N) is 1. The maximum atomic E-state index is 11.3. The molecule has 2 amide bonds. The molecular weight excluding hydrogens is 218 g/mol. The van der Waals surface area contributed by atoms with Gasteiger partial charge in [-0.1, -0.05) is 5.16 Å². The van der Waals surface area contributed by atoms with Gasteiger partial charge >= 0.3 is 5.97 Å². The summed E-state index contributed by atoms with van der Waals surface area (Å²) >= 11 is 0. The van der Waals surface area contributed by atoms with Gasteiger partial charge in [0.2, 0.25) is 11.7 Å². The van der Waals surface area contributed by atoms with Gasteiger partial charge in [-0.25, -0.2) is 4.79 Å². The third-order valence-electron chi connectivity index (χ3n) is 1.67. The van der Waals surface area contributed by atoms with Crippen molar-refractivity contribution in [1.29, 1.82) is 0 Å². The first-order valence-electron chi connectivity index (χ1n) is 4.23. The van der Waals surface area contributed by atoms with Crippen LogP contribution in [0.2, 0.25) is 0 Å². The van der Waals surface area contributed by atoms with E-state index < -0.39 is 30.2 Å². The summed E-state index contributed by atoms with van der Waals surface area (Å²) < 4.78 is 4.51. The van der Waals surface area contributed by atoms with Crippen molar-refractivity contribution in [2.45, 2.75) is 12.5 Å². The van der Waals surface area contributed by atoms with Crippen LogP contribution in [-0.4, -0.2) is 34.1 Å². The zero-order valence-electron chi connectivity index (χ0n) is 8.04. The van der Waals surface area contributed by atoms with Crippen molar-refractivity contribution in [2.24, 2.45) is 5.73 Å². The first-order valence-corrected chi connectivity index (χ1v) is 4.23. The number of hydrogen-bond donors (Lipinski definition) is 3. The molecule has 0 bridgehead atoms. The number of carbonyl (C=O) groups is 3. The summed E-state index contributed by atoms with van der Waals surface area (Å²) in [7, 11) is 0. The molecule has 1 aromatic rings. The van der Waals surface area contributed by atoms with Gasteiger partial charge in [-0.2, -0.15) is 0 Å². The van der Waals surface area contributed by atoms with E-state index in [0.29, 0.717) is 0 Å². The van der Waals surface area contributed by atoms with E-state index in [2.05, 4.69) is 15.0 Å². The number of rotatable bonds is 5. The van der Waals surface area contributed by atoms with E-state index in [1.807, 2.05) is 0 Å². The van der Waals surface area contributed by atoms with Crippen molar-refractivity contribution in [3.05, 3.63) is 18.0 Å². The van der Waals surface area contributed by atoms with Crippen LogP contribution in [0.1, 0.15) is 17.0 Å². The average Bonchev–Trinajstić information content (AvgIpc) is 2.68. The summed E-state index contributed by atoms with van der Waals surface area (Å²) in [6, 6.07) is -0.117. The number of hydrogen-bond acceptors (Lipinski definition) is 5. The summed E-state index contributed by atoms with van der Waals surface area (Å²) in [5.74, 6) is -3.10. The highest BCUT2D eigenvalue weighted by atomic mass is 16.5. The van der Waals surface area contributed by atoms with Crippen LogP contribution in [-0.2, 0) is 9.59 Å². The topological polar surface area (TPSA) is 136 Å². The summed E-state index contributed by atoms with van der Waals surface area (Å²) in [6.45, 7) is 0. The van der Waals surface area contributed by atoms with Crippen LogP contribution in [0.25, 0.3) is 0 Å². The molecule has 0 fully saturated rings. The fourth-order valence-electron chi connectivity index (χ4n) is 0.964. The summed E-state index contributed by atoms with van der Waals surface area (Å²) in [6.07, 6.45) is 0.744. The van der Waals surface area contributed by atoms with Crippen LogP contribution in [0.4, 0.5) is 0 Å². The van der Waals surface area contributed by atoms with Crippen molar-refractivity contribution in [3.8, 4) is 0 Å². The standard InChI is InChI=1S/C8H9N3O5/c9-6(12)3-4(8(14)15)11-7(13)5-1-2-10-16-5/h1-2,4H,3H2,(H2,9,12)(H,11,13)(H,14,15). The zero-order valence-corrected chi connectivity index (χ0v) is 8.04. The number of nitrogens with one attached hydrogen (secondary N) is 1. The number of aromatic nitrogens is 1. The molecule has 4 N–H and O–H groups in total. The van der Waals surface area contributed by atoms with Crippen LogP contribution in [0.3, 0.4) is 0 Å².